The number of hydrogen-bond donors (Lipinski definition) is 0. The fourth-order valence-corrected chi connectivity index (χ4v) is 1.43. The van der Waals surface area contributed by atoms with Gasteiger partial charge in [-0.1, -0.05) is 26.7 Å². The van der Waals surface area contributed by atoms with Gasteiger partial charge in [0.05, 0.1) is 0 Å². The van der Waals surface area contributed by atoms with Crippen LogP contribution in [0.15, 0.2) is 0 Å². The van der Waals surface area contributed by atoms with Crippen LogP contribution in [0.4, 0.5) is 0 Å². The summed E-state index contributed by atoms with van der Waals surface area (Å²) in [5.74, 6) is 0. The molecule has 0 saturated carbocycles. The third kappa shape index (κ3) is 14.0. The molecule has 0 aromatic rings. The molecule has 0 aliphatic rings. The fourth-order valence-electron chi connectivity index (χ4n) is 0.670. The van der Waals surface area contributed by atoms with Gasteiger partial charge in [0.2, 0.25) is 0 Å². The zero-order chi connectivity index (χ0) is 8.36. The van der Waals surface area contributed by atoms with E-state index in [1.807, 2.05) is 0 Å². The van der Waals surface area contributed by atoms with Crippen LogP contribution in [0.2, 0.25) is 0 Å². The molecule has 0 saturated heterocycles. The molecule has 0 radical (unpaired) electrons. The van der Waals surface area contributed by atoms with Gasteiger partial charge in [-0.3, -0.25) is 0 Å². The summed E-state index contributed by atoms with van der Waals surface area (Å²) in [5, 5.41) is 0. The zero-order valence-corrected chi connectivity index (χ0v) is 9.18. The summed E-state index contributed by atoms with van der Waals surface area (Å²) in [7, 11) is 0. The molecule has 68 valence electrons. The molecule has 0 rings (SSSR count). The van der Waals surface area contributed by atoms with E-state index in [0.29, 0.717) is 0 Å². The van der Waals surface area contributed by atoms with E-state index in [2.05, 4.69) is 13.8 Å². The maximum atomic E-state index is 5.34. The Hall–Kier alpha value is 1.45. The Morgan fingerprint density at radius 2 is 1.33 bits per heavy atom. The van der Waals surface area contributed by atoms with Gasteiger partial charge >= 0.3 is 45.4 Å². The Balaban J connectivity index is 0. The van der Waals surface area contributed by atoms with Gasteiger partial charge in [0.25, 0.3) is 0 Å². The fraction of sp³-hybridized carbons (Fsp3) is 1.00. The second kappa shape index (κ2) is 14.9. The Morgan fingerprint density at radius 1 is 0.917 bits per heavy atom. The van der Waals surface area contributed by atoms with Gasteiger partial charge in [-0.15, -0.1) is 0 Å². The van der Waals surface area contributed by atoms with E-state index in [4.69, 9.17) is 7.58 Å². The molecule has 12 heavy (non-hydrogen) atoms. The van der Waals surface area contributed by atoms with Crippen LogP contribution in [0.5, 0.6) is 0 Å². The molecule has 2 nitrogen and oxygen atoms in total. The summed E-state index contributed by atoms with van der Waals surface area (Å²) in [4.78, 5) is 0. The molecule has 0 spiro atoms. The van der Waals surface area contributed by atoms with Gasteiger partial charge < -0.3 is 7.58 Å². The van der Waals surface area contributed by atoms with Crippen molar-refractivity contribution in [2.24, 2.45) is 0 Å². The summed E-state index contributed by atoms with van der Waals surface area (Å²) in [5.41, 5.74) is 0. The topological polar surface area (TPSA) is 18.5 Å². The van der Waals surface area contributed by atoms with Gasteiger partial charge in [0.15, 0.2) is 0 Å². The quantitative estimate of drug-likeness (QED) is 0.431. The molecule has 0 heterocycles. The molecule has 0 aromatic heterocycles. The molecule has 0 amide bonds. The van der Waals surface area contributed by atoms with E-state index in [0.717, 1.165) is 13.2 Å². The van der Waals surface area contributed by atoms with Crippen molar-refractivity contribution in [3.8, 4) is 0 Å². The van der Waals surface area contributed by atoms with Crippen LogP contribution in [-0.2, 0) is 7.58 Å². The van der Waals surface area contributed by atoms with Gasteiger partial charge in [0.1, 0.15) is 0 Å². The van der Waals surface area contributed by atoms with Gasteiger partial charge in [0, 0.05) is 13.2 Å². The average Bonchev–Trinajstić information content (AvgIpc) is 2.03. The number of hydrogen-bond acceptors (Lipinski definition) is 2. The number of rotatable bonds is 8. The van der Waals surface area contributed by atoms with Gasteiger partial charge in [-0.25, -0.2) is 0 Å². The molecule has 0 aliphatic carbocycles. The molecule has 0 fully saturated rings. The Bertz CT molecular complexity index is 66.1. The first-order valence-corrected chi connectivity index (χ1v) is 5.72. The van der Waals surface area contributed by atoms with Crippen LogP contribution < -0.4 is 0 Å². The Morgan fingerprint density at radius 3 is 1.67 bits per heavy atom. The standard InChI is InChI=1S/2C4H9O.Al.Na.2H/c2*1-2-3-4-5;;;;/h2*2-4H2,1H3;;;;/q2*-1;+2;;;. The van der Waals surface area contributed by atoms with E-state index in [9.17, 15) is 0 Å². The Labute approximate surface area is 105 Å². The third-order valence-corrected chi connectivity index (χ3v) is 2.36. The van der Waals surface area contributed by atoms with Crippen molar-refractivity contribution in [1.29, 1.82) is 0 Å². The minimum absolute atomic E-state index is 0. The van der Waals surface area contributed by atoms with E-state index in [1.54, 1.807) is 0 Å². The molecule has 0 bridgehead atoms. The van der Waals surface area contributed by atoms with E-state index >= 15 is 0 Å². The number of unbranched alkanes of at least 4 members (excludes halogenated alkanes) is 2. The van der Waals surface area contributed by atoms with E-state index < -0.39 is 15.9 Å². The summed E-state index contributed by atoms with van der Waals surface area (Å²) in [6.45, 7) is 6.13. The molecular formula is C8H20AlNaO2. The second-order valence-electron chi connectivity index (χ2n) is 2.64. The summed E-state index contributed by atoms with van der Waals surface area (Å²) >= 11 is -0.629. The van der Waals surface area contributed by atoms with Crippen LogP contribution in [0.25, 0.3) is 0 Å². The first-order chi connectivity index (χ1) is 5.41. The van der Waals surface area contributed by atoms with Crippen molar-refractivity contribution < 1.29 is 7.58 Å². The van der Waals surface area contributed by atoms with Crippen molar-refractivity contribution in [1.82, 2.24) is 0 Å². The molecule has 0 aromatic carbocycles. The van der Waals surface area contributed by atoms with Crippen molar-refractivity contribution in [2.75, 3.05) is 13.2 Å². The molecule has 0 N–H and O–H groups in total. The van der Waals surface area contributed by atoms with Crippen molar-refractivity contribution in [3.63, 3.8) is 0 Å². The normalized spacial score (nSPS) is 9.17. The van der Waals surface area contributed by atoms with Crippen LogP contribution >= 0.6 is 0 Å². The van der Waals surface area contributed by atoms with E-state index in [1.165, 1.54) is 25.7 Å². The van der Waals surface area contributed by atoms with Gasteiger partial charge in [-0.05, 0) is 12.8 Å². The van der Waals surface area contributed by atoms with Crippen LogP contribution in [0.3, 0.4) is 0 Å². The molecular weight excluding hydrogens is 178 g/mol. The monoisotopic (exact) mass is 198 g/mol. The second-order valence-corrected chi connectivity index (χ2v) is 3.69. The summed E-state index contributed by atoms with van der Waals surface area (Å²) < 4.78 is 10.7. The minimum atomic E-state index is -0.629. The first-order valence-electron chi connectivity index (χ1n) is 4.57. The zero-order valence-electron chi connectivity index (χ0n) is 7.77. The Kier molecular flexibility index (Phi) is 19.8. The summed E-state index contributed by atoms with van der Waals surface area (Å²) in [6, 6.07) is 0. The predicted octanol–water partition coefficient (Wildman–Crippen LogP) is 1.24. The first kappa shape index (κ1) is 15.9. The molecule has 0 atom stereocenters. The van der Waals surface area contributed by atoms with Crippen LogP contribution in [0.1, 0.15) is 39.5 Å². The van der Waals surface area contributed by atoms with Crippen LogP contribution in [0, 0.1) is 0 Å². The molecule has 0 unspecified atom stereocenters. The molecule has 0 aliphatic heterocycles. The van der Waals surface area contributed by atoms with Crippen molar-refractivity contribution in [3.05, 3.63) is 0 Å². The third-order valence-electron chi connectivity index (χ3n) is 1.45. The summed E-state index contributed by atoms with van der Waals surface area (Å²) in [6.07, 6.45) is 4.76. The van der Waals surface area contributed by atoms with Gasteiger partial charge in [-0.2, -0.15) is 0 Å². The van der Waals surface area contributed by atoms with Crippen molar-refractivity contribution >= 4 is 45.4 Å². The average molecular weight is 198 g/mol. The van der Waals surface area contributed by atoms with Crippen LogP contribution in [-0.4, -0.2) is 58.7 Å². The SMILES string of the molecule is CCCC[O][AlH][O]CCCC.[NaH]. The van der Waals surface area contributed by atoms with E-state index in [-0.39, 0.29) is 29.6 Å². The maximum absolute atomic E-state index is 5.34. The molecule has 4 heteroatoms. The van der Waals surface area contributed by atoms with Crippen molar-refractivity contribution in [2.45, 2.75) is 39.5 Å². The predicted molar refractivity (Wildman–Crippen MR) is 56.0 cm³/mol.